The van der Waals surface area contributed by atoms with Crippen LogP contribution in [0.1, 0.15) is 11.5 Å². The highest BCUT2D eigenvalue weighted by molar-refractivity contribution is 5.27. The molecule has 0 bridgehead atoms. The highest BCUT2D eigenvalue weighted by Gasteiger charge is 2.21. The number of rotatable bonds is 1. The highest BCUT2D eigenvalue weighted by atomic mass is 16.5. The van der Waals surface area contributed by atoms with Crippen LogP contribution in [0, 0.1) is 0 Å². The first-order valence-electron chi connectivity index (χ1n) is 3.93. The van der Waals surface area contributed by atoms with Gasteiger partial charge in [-0.1, -0.05) is 30.3 Å². The van der Waals surface area contributed by atoms with E-state index in [0.717, 1.165) is 5.56 Å². The fourth-order valence-corrected chi connectivity index (χ4v) is 1.35. The molecule has 0 aromatic heterocycles. The minimum Gasteiger partial charge on any atom is -0.508 e. The van der Waals surface area contributed by atoms with Gasteiger partial charge in [0.2, 0.25) is 0 Å². The molecule has 12 heavy (non-hydrogen) atoms. The van der Waals surface area contributed by atoms with E-state index in [1.807, 2.05) is 30.3 Å². The molecule has 1 aromatic carbocycles. The summed E-state index contributed by atoms with van der Waals surface area (Å²) in [5, 5.41) is 9.38. The van der Waals surface area contributed by atoms with E-state index in [1.54, 1.807) is 0 Å². The summed E-state index contributed by atoms with van der Waals surface area (Å²) in [6.45, 7) is 0.551. The summed E-state index contributed by atoms with van der Waals surface area (Å²) in [7, 11) is 0. The molecule has 1 N–H and O–H groups in total. The maximum atomic E-state index is 9.38. The van der Waals surface area contributed by atoms with E-state index in [4.69, 9.17) is 4.74 Å². The Morgan fingerprint density at radius 3 is 2.58 bits per heavy atom. The molecule has 1 unspecified atom stereocenters. The van der Waals surface area contributed by atoms with Gasteiger partial charge in [0.1, 0.15) is 18.6 Å². The van der Waals surface area contributed by atoms with Crippen molar-refractivity contribution in [3.05, 3.63) is 47.9 Å². The first kappa shape index (κ1) is 7.22. The lowest BCUT2D eigenvalue weighted by Gasteiger charge is -2.07. The zero-order valence-corrected chi connectivity index (χ0v) is 6.60. The molecule has 1 aromatic rings. The van der Waals surface area contributed by atoms with E-state index in [-0.39, 0.29) is 5.92 Å². The van der Waals surface area contributed by atoms with E-state index in [1.165, 1.54) is 6.26 Å². The Hall–Kier alpha value is -1.44. The third-order valence-electron chi connectivity index (χ3n) is 2.03. The quantitative estimate of drug-likeness (QED) is 0.686. The predicted octanol–water partition coefficient (Wildman–Crippen LogP) is 2.20. The van der Waals surface area contributed by atoms with Gasteiger partial charge in [-0.3, -0.25) is 0 Å². The van der Waals surface area contributed by atoms with Crippen molar-refractivity contribution >= 4 is 0 Å². The molecule has 2 nitrogen and oxygen atoms in total. The maximum absolute atomic E-state index is 9.38. The summed E-state index contributed by atoms with van der Waals surface area (Å²) in [5.74, 6) is 0.354. The van der Waals surface area contributed by atoms with E-state index in [9.17, 15) is 5.11 Å². The van der Waals surface area contributed by atoms with Gasteiger partial charge in [0.25, 0.3) is 0 Å². The SMILES string of the molecule is OC1=COCC1c1ccccc1. The first-order valence-corrected chi connectivity index (χ1v) is 3.93. The van der Waals surface area contributed by atoms with Crippen molar-refractivity contribution in [2.45, 2.75) is 5.92 Å². The van der Waals surface area contributed by atoms with Crippen molar-refractivity contribution in [1.29, 1.82) is 0 Å². The van der Waals surface area contributed by atoms with Gasteiger partial charge in [-0.2, -0.15) is 0 Å². The van der Waals surface area contributed by atoms with Crippen LogP contribution in [0.2, 0.25) is 0 Å². The van der Waals surface area contributed by atoms with Gasteiger partial charge in [0.05, 0.1) is 5.92 Å². The van der Waals surface area contributed by atoms with Gasteiger partial charge in [0, 0.05) is 0 Å². The number of aliphatic hydroxyl groups excluding tert-OH is 1. The Balaban J connectivity index is 2.27. The van der Waals surface area contributed by atoms with Crippen molar-refractivity contribution < 1.29 is 9.84 Å². The van der Waals surface area contributed by atoms with Crippen LogP contribution >= 0.6 is 0 Å². The Bertz CT molecular complexity index is 290. The second-order valence-corrected chi connectivity index (χ2v) is 2.84. The van der Waals surface area contributed by atoms with Crippen LogP contribution in [0.3, 0.4) is 0 Å². The van der Waals surface area contributed by atoms with Gasteiger partial charge < -0.3 is 9.84 Å². The predicted molar refractivity (Wildman–Crippen MR) is 45.8 cm³/mol. The Morgan fingerprint density at radius 2 is 2.00 bits per heavy atom. The van der Waals surface area contributed by atoms with Crippen LogP contribution in [0.4, 0.5) is 0 Å². The molecule has 0 amide bonds. The van der Waals surface area contributed by atoms with Gasteiger partial charge in [-0.25, -0.2) is 0 Å². The fraction of sp³-hybridized carbons (Fsp3) is 0.200. The average Bonchev–Trinajstić information content (AvgIpc) is 2.53. The zero-order chi connectivity index (χ0) is 8.39. The molecule has 1 heterocycles. The Labute approximate surface area is 71.1 Å². The molecule has 0 fully saturated rings. The summed E-state index contributed by atoms with van der Waals surface area (Å²) in [6, 6.07) is 9.86. The molecule has 0 saturated heterocycles. The zero-order valence-electron chi connectivity index (χ0n) is 6.60. The minimum absolute atomic E-state index is 0.0335. The third-order valence-corrected chi connectivity index (χ3v) is 2.03. The minimum atomic E-state index is 0.0335. The van der Waals surface area contributed by atoms with E-state index in [2.05, 4.69) is 0 Å². The standard InChI is InChI=1S/C10H10O2/c11-10-7-12-6-9(10)8-4-2-1-3-5-8/h1-5,7,9,11H,6H2. The highest BCUT2D eigenvalue weighted by Crippen LogP contribution is 2.27. The molecule has 2 rings (SSSR count). The summed E-state index contributed by atoms with van der Waals surface area (Å²) >= 11 is 0. The van der Waals surface area contributed by atoms with Crippen LogP contribution in [-0.4, -0.2) is 11.7 Å². The molecule has 1 atom stereocenters. The monoisotopic (exact) mass is 162 g/mol. The number of hydrogen-bond donors (Lipinski definition) is 1. The van der Waals surface area contributed by atoms with Gasteiger partial charge in [-0.05, 0) is 5.56 Å². The van der Waals surface area contributed by atoms with E-state index >= 15 is 0 Å². The molecule has 62 valence electrons. The largest absolute Gasteiger partial charge is 0.508 e. The number of hydrogen-bond acceptors (Lipinski definition) is 2. The summed E-state index contributed by atoms with van der Waals surface area (Å²) in [6.07, 6.45) is 1.41. The Morgan fingerprint density at radius 1 is 1.25 bits per heavy atom. The average molecular weight is 162 g/mol. The van der Waals surface area contributed by atoms with Crippen molar-refractivity contribution in [3.8, 4) is 0 Å². The molecule has 0 saturated carbocycles. The van der Waals surface area contributed by atoms with Crippen LogP contribution in [0.15, 0.2) is 42.4 Å². The van der Waals surface area contributed by atoms with Gasteiger partial charge >= 0.3 is 0 Å². The van der Waals surface area contributed by atoms with Crippen LogP contribution in [0.25, 0.3) is 0 Å². The van der Waals surface area contributed by atoms with E-state index in [0.29, 0.717) is 12.4 Å². The fourth-order valence-electron chi connectivity index (χ4n) is 1.35. The summed E-state index contributed by atoms with van der Waals surface area (Å²) in [5.41, 5.74) is 1.10. The van der Waals surface area contributed by atoms with Gasteiger partial charge in [-0.15, -0.1) is 0 Å². The van der Waals surface area contributed by atoms with Gasteiger partial charge in [0.15, 0.2) is 0 Å². The lowest BCUT2D eigenvalue weighted by Crippen LogP contribution is -2.01. The van der Waals surface area contributed by atoms with Crippen LogP contribution in [-0.2, 0) is 4.74 Å². The van der Waals surface area contributed by atoms with E-state index < -0.39 is 0 Å². The molecule has 1 aliphatic rings. The number of benzene rings is 1. The molecular weight excluding hydrogens is 152 g/mol. The van der Waals surface area contributed by atoms with Crippen LogP contribution in [0.5, 0.6) is 0 Å². The van der Waals surface area contributed by atoms with Crippen molar-refractivity contribution in [3.63, 3.8) is 0 Å². The van der Waals surface area contributed by atoms with Crippen molar-refractivity contribution in [2.75, 3.05) is 6.61 Å². The molecule has 0 aliphatic carbocycles. The third kappa shape index (κ3) is 1.16. The van der Waals surface area contributed by atoms with Crippen molar-refractivity contribution in [2.24, 2.45) is 0 Å². The molecule has 2 heteroatoms. The second kappa shape index (κ2) is 2.89. The number of ether oxygens (including phenoxy) is 1. The topological polar surface area (TPSA) is 29.5 Å². The lowest BCUT2D eigenvalue weighted by atomic mass is 10.00. The van der Waals surface area contributed by atoms with Crippen molar-refractivity contribution in [1.82, 2.24) is 0 Å². The normalized spacial score (nSPS) is 21.7. The first-order chi connectivity index (χ1) is 5.88. The lowest BCUT2D eigenvalue weighted by molar-refractivity contribution is 0.268. The summed E-state index contributed by atoms with van der Waals surface area (Å²) < 4.78 is 5.01. The molecular formula is C10H10O2. The molecule has 1 aliphatic heterocycles. The number of aliphatic hydroxyl groups is 1. The smallest absolute Gasteiger partial charge is 0.137 e. The maximum Gasteiger partial charge on any atom is 0.137 e. The molecule has 0 spiro atoms. The van der Waals surface area contributed by atoms with Crippen LogP contribution < -0.4 is 0 Å². The molecule has 0 radical (unpaired) electrons. The second-order valence-electron chi connectivity index (χ2n) is 2.84. The Kier molecular flexibility index (Phi) is 1.74. The summed E-state index contributed by atoms with van der Waals surface area (Å²) in [4.78, 5) is 0.